The van der Waals surface area contributed by atoms with Crippen molar-refractivity contribution in [1.29, 1.82) is 0 Å². The molecule has 0 spiro atoms. The lowest BCUT2D eigenvalue weighted by Gasteiger charge is -2.30. The molecule has 0 N–H and O–H groups in total. The monoisotopic (exact) mass is 330 g/mol. The lowest BCUT2D eigenvalue weighted by Crippen LogP contribution is -2.41. The van der Waals surface area contributed by atoms with E-state index in [4.69, 9.17) is 10.3 Å². The lowest BCUT2D eigenvalue weighted by molar-refractivity contribution is -0.150. The molecule has 0 bridgehead atoms. The van der Waals surface area contributed by atoms with Gasteiger partial charge in [-0.3, -0.25) is 9.69 Å². The largest absolute Gasteiger partial charge is 0.465 e. The van der Waals surface area contributed by atoms with E-state index >= 15 is 0 Å². The second-order valence-corrected chi connectivity index (χ2v) is 5.75. The number of carbonyl (C=O) groups is 1. The van der Waals surface area contributed by atoms with Gasteiger partial charge in [-0.2, -0.15) is 0 Å². The van der Waals surface area contributed by atoms with E-state index in [0.717, 1.165) is 0 Å². The summed E-state index contributed by atoms with van der Waals surface area (Å²) in [6.07, 6.45) is 2.21. The maximum Gasteiger partial charge on any atom is 0.318 e. The predicted molar refractivity (Wildman–Crippen MR) is 95.4 cm³/mol. The number of azide groups is 1. The van der Waals surface area contributed by atoms with E-state index in [9.17, 15) is 4.79 Å². The summed E-state index contributed by atoms with van der Waals surface area (Å²) in [5.74, 6) is -0.497. The Balaban J connectivity index is 2.88. The van der Waals surface area contributed by atoms with Crippen molar-refractivity contribution < 1.29 is 9.53 Å². The van der Waals surface area contributed by atoms with Crippen LogP contribution in [0, 0.1) is 0 Å². The van der Waals surface area contributed by atoms with Crippen LogP contribution in [-0.4, -0.2) is 36.6 Å². The fourth-order valence-electron chi connectivity index (χ4n) is 2.55. The van der Waals surface area contributed by atoms with Crippen LogP contribution in [0.1, 0.15) is 38.3 Å². The minimum atomic E-state index is -1.24. The van der Waals surface area contributed by atoms with Gasteiger partial charge in [0.2, 0.25) is 0 Å². The number of nitrogens with zero attached hydrogens (tertiary/aromatic N) is 4. The van der Waals surface area contributed by atoms with Crippen LogP contribution < -0.4 is 0 Å². The van der Waals surface area contributed by atoms with Crippen molar-refractivity contribution in [1.82, 2.24) is 4.90 Å². The molecule has 0 radical (unpaired) electrons. The number of carbonyl (C=O) groups excluding carboxylic acids is 1. The summed E-state index contributed by atoms with van der Waals surface area (Å²) >= 11 is 0. The standard InChI is InChI=1S/C18H26N4O2/c1-5-12-18(20-21-19,17(23)24-6-2)13-14-22(4)15(3)16-10-8-7-9-11-16/h5,7-11,15H,1,6,12-14H2,2-4H3/t15-,18-/m0/s1. The van der Waals surface area contributed by atoms with Crippen molar-refractivity contribution in [3.63, 3.8) is 0 Å². The topological polar surface area (TPSA) is 78.3 Å². The van der Waals surface area contributed by atoms with E-state index in [2.05, 4.69) is 40.6 Å². The maximum atomic E-state index is 12.3. The minimum Gasteiger partial charge on any atom is -0.465 e. The Bertz CT molecular complexity index is 584. The minimum absolute atomic E-state index is 0.181. The highest BCUT2D eigenvalue weighted by atomic mass is 16.5. The van der Waals surface area contributed by atoms with E-state index < -0.39 is 11.5 Å². The summed E-state index contributed by atoms with van der Waals surface area (Å²) in [4.78, 5) is 17.3. The van der Waals surface area contributed by atoms with Gasteiger partial charge >= 0.3 is 5.97 Å². The molecular formula is C18H26N4O2. The molecule has 24 heavy (non-hydrogen) atoms. The van der Waals surface area contributed by atoms with Gasteiger partial charge in [-0.25, -0.2) is 0 Å². The van der Waals surface area contributed by atoms with Gasteiger partial charge in [-0.1, -0.05) is 41.5 Å². The summed E-state index contributed by atoms with van der Waals surface area (Å²) in [7, 11) is 1.98. The number of ether oxygens (including phenoxy) is 1. The van der Waals surface area contributed by atoms with E-state index in [0.29, 0.717) is 13.0 Å². The molecule has 6 heteroatoms. The molecule has 2 atom stereocenters. The fraction of sp³-hybridized carbons (Fsp3) is 0.500. The molecule has 130 valence electrons. The summed E-state index contributed by atoms with van der Waals surface area (Å²) in [6.45, 7) is 8.34. The number of hydrogen-bond acceptors (Lipinski definition) is 4. The molecule has 0 heterocycles. The zero-order valence-electron chi connectivity index (χ0n) is 14.7. The van der Waals surface area contributed by atoms with Crippen LogP contribution in [0.2, 0.25) is 0 Å². The summed E-state index contributed by atoms with van der Waals surface area (Å²) < 4.78 is 5.12. The lowest BCUT2D eigenvalue weighted by atomic mass is 9.91. The zero-order valence-corrected chi connectivity index (χ0v) is 14.7. The number of benzene rings is 1. The molecule has 0 aliphatic heterocycles. The van der Waals surface area contributed by atoms with Crippen molar-refractivity contribution in [3.8, 4) is 0 Å². The molecule has 0 saturated carbocycles. The van der Waals surface area contributed by atoms with Crippen molar-refractivity contribution in [2.75, 3.05) is 20.2 Å². The van der Waals surface area contributed by atoms with Gasteiger partial charge in [0.15, 0.2) is 5.54 Å². The maximum absolute atomic E-state index is 12.3. The first kappa shape index (κ1) is 19.7. The number of rotatable bonds is 10. The van der Waals surface area contributed by atoms with Crippen molar-refractivity contribution >= 4 is 5.97 Å². The molecular weight excluding hydrogens is 304 g/mol. The quantitative estimate of drug-likeness (QED) is 0.211. The average Bonchev–Trinajstić information content (AvgIpc) is 2.60. The fourth-order valence-corrected chi connectivity index (χ4v) is 2.55. The van der Waals surface area contributed by atoms with Gasteiger partial charge in [0.25, 0.3) is 0 Å². The van der Waals surface area contributed by atoms with Gasteiger partial charge in [0, 0.05) is 11.0 Å². The van der Waals surface area contributed by atoms with Crippen molar-refractivity contribution in [2.24, 2.45) is 5.11 Å². The molecule has 1 aromatic rings. The van der Waals surface area contributed by atoms with Crippen LogP contribution in [0.4, 0.5) is 0 Å². The molecule has 0 aromatic heterocycles. The average molecular weight is 330 g/mol. The highest BCUT2D eigenvalue weighted by molar-refractivity contribution is 5.81. The van der Waals surface area contributed by atoms with E-state index in [-0.39, 0.29) is 19.1 Å². The van der Waals surface area contributed by atoms with Gasteiger partial charge in [-0.05, 0) is 51.4 Å². The van der Waals surface area contributed by atoms with Crippen LogP contribution in [0.5, 0.6) is 0 Å². The highest BCUT2D eigenvalue weighted by Crippen LogP contribution is 2.27. The molecule has 6 nitrogen and oxygen atoms in total. The van der Waals surface area contributed by atoms with Gasteiger partial charge in [0.1, 0.15) is 0 Å². The second kappa shape index (κ2) is 9.75. The molecule has 0 aliphatic carbocycles. The first-order chi connectivity index (χ1) is 11.5. The van der Waals surface area contributed by atoms with Crippen LogP contribution >= 0.6 is 0 Å². The van der Waals surface area contributed by atoms with Gasteiger partial charge in [-0.15, -0.1) is 6.58 Å². The normalized spacial score (nSPS) is 14.3. The third-order valence-electron chi connectivity index (χ3n) is 4.19. The molecule has 0 aliphatic rings. The van der Waals surface area contributed by atoms with E-state index in [1.165, 1.54) is 5.56 Å². The summed E-state index contributed by atoms with van der Waals surface area (Å²) in [6, 6.07) is 10.3. The van der Waals surface area contributed by atoms with Gasteiger partial charge in [0.05, 0.1) is 6.61 Å². The Morgan fingerprint density at radius 3 is 2.71 bits per heavy atom. The highest BCUT2D eigenvalue weighted by Gasteiger charge is 2.38. The SMILES string of the molecule is C=CC[C@@](CCN(C)[C@@H](C)c1ccccc1)(N=[N+]=[N-])C(=O)OCC. The Kier molecular flexibility index (Phi) is 8.02. The predicted octanol–water partition coefficient (Wildman–Crippen LogP) is 4.26. The molecule has 1 aromatic carbocycles. The number of esters is 1. The molecule has 0 saturated heterocycles. The first-order valence-electron chi connectivity index (χ1n) is 8.10. The Hall–Kier alpha value is -2.30. The van der Waals surface area contributed by atoms with Crippen LogP contribution in [0.15, 0.2) is 48.1 Å². The Labute approximate surface area is 143 Å². The molecule has 1 rings (SSSR count). The van der Waals surface area contributed by atoms with E-state index in [1.54, 1.807) is 13.0 Å². The first-order valence-corrected chi connectivity index (χ1v) is 8.10. The van der Waals surface area contributed by atoms with Gasteiger partial charge < -0.3 is 4.74 Å². The Morgan fingerprint density at radius 2 is 2.17 bits per heavy atom. The van der Waals surface area contributed by atoms with Crippen LogP contribution in [0.25, 0.3) is 10.4 Å². The molecule has 0 amide bonds. The summed E-state index contributed by atoms with van der Waals surface area (Å²) in [5, 5.41) is 3.78. The Morgan fingerprint density at radius 1 is 1.50 bits per heavy atom. The second-order valence-electron chi connectivity index (χ2n) is 5.75. The third kappa shape index (κ3) is 5.11. The number of hydrogen-bond donors (Lipinski definition) is 0. The third-order valence-corrected chi connectivity index (χ3v) is 4.19. The van der Waals surface area contributed by atoms with Crippen LogP contribution in [0.3, 0.4) is 0 Å². The zero-order chi connectivity index (χ0) is 18.0. The summed E-state index contributed by atoms with van der Waals surface area (Å²) in [5.41, 5.74) is 8.85. The van der Waals surface area contributed by atoms with Crippen molar-refractivity contribution in [3.05, 3.63) is 59.0 Å². The van der Waals surface area contributed by atoms with E-state index in [1.807, 2.05) is 25.2 Å². The molecule has 0 unspecified atom stereocenters. The molecule has 0 fully saturated rings. The smallest absolute Gasteiger partial charge is 0.318 e. The van der Waals surface area contributed by atoms with Crippen LogP contribution in [-0.2, 0) is 9.53 Å². The van der Waals surface area contributed by atoms with Crippen molar-refractivity contribution in [2.45, 2.75) is 38.3 Å².